The van der Waals surface area contributed by atoms with Gasteiger partial charge in [0.2, 0.25) is 0 Å². The van der Waals surface area contributed by atoms with Crippen LogP contribution in [0.1, 0.15) is 32.3 Å². The standard InChI is InChI=1S/C17H19Br2NO/c1-17(2,3)20-9-12(16(18)19)15-11-7-5-4-6-10(11)14(21)8-13(15)20/h4-8,12,16,21H,9H2,1-3H3. The van der Waals surface area contributed by atoms with Crippen LogP contribution >= 0.6 is 31.9 Å². The molecular formula is C17H19Br2NO. The SMILES string of the molecule is CC(C)(C)N1CC(C(Br)Br)c2c1cc(O)c1ccccc21. The van der Waals surface area contributed by atoms with Crippen LogP contribution in [0.15, 0.2) is 30.3 Å². The molecular weight excluding hydrogens is 394 g/mol. The fraction of sp³-hybridized carbons (Fsp3) is 0.412. The van der Waals surface area contributed by atoms with Crippen LogP contribution in [-0.4, -0.2) is 20.9 Å². The van der Waals surface area contributed by atoms with Crippen molar-refractivity contribution in [2.75, 3.05) is 11.4 Å². The minimum Gasteiger partial charge on any atom is -0.507 e. The summed E-state index contributed by atoms with van der Waals surface area (Å²) in [5.41, 5.74) is 2.48. The molecule has 1 heterocycles. The Kier molecular flexibility index (Phi) is 3.73. The fourth-order valence-corrected chi connectivity index (χ4v) is 4.07. The Bertz CT molecular complexity index is 691. The minimum atomic E-state index is 0.0211. The zero-order chi connectivity index (χ0) is 15.4. The van der Waals surface area contributed by atoms with E-state index in [4.69, 9.17) is 0 Å². The summed E-state index contributed by atoms with van der Waals surface area (Å²) in [6.07, 6.45) is 0. The molecule has 0 saturated carbocycles. The Labute approximate surface area is 142 Å². The number of benzene rings is 2. The summed E-state index contributed by atoms with van der Waals surface area (Å²) in [5, 5.41) is 12.5. The highest BCUT2D eigenvalue weighted by Gasteiger charge is 2.38. The largest absolute Gasteiger partial charge is 0.507 e. The molecule has 1 aliphatic heterocycles. The average Bonchev–Trinajstić information content (AvgIpc) is 2.78. The quantitative estimate of drug-likeness (QED) is 0.637. The molecule has 0 spiro atoms. The number of hydrogen-bond acceptors (Lipinski definition) is 2. The number of anilines is 1. The molecule has 1 aliphatic rings. The van der Waals surface area contributed by atoms with E-state index in [1.807, 2.05) is 24.3 Å². The molecule has 3 rings (SSSR count). The first-order valence-electron chi connectivity index (χ1n) is 7.11. The smallest absolute Gasteiger partial charge is 0.125 e. The topological polar surface area (TPSA) is 23.5 Å². The number of nitrogens with zero attached hydrogens (tertiary/aromatic N) is 1. The number of aromatic hydroxyl groups is 1. The summed E-state index contributed by atoms with van der Waals surface area (Å²) >= 11 is 7.39. The fourth-order valence-electron chi connectivity index (χ4n) is 3.20. The van der Waals surface area contributed by atoms with Gasteiger partial charge in [0, 0.05) is 35.1 Å². The molecule has 0 saturated heterocycles. The normalized spacial score (nSPS) is 18.6. The van der Waals surface area contributed by atoms with Crippen LogP contribution in [0.4, 0.5) is 5.69 Å². The molecule has 0 radical (unpaired) electrons. The predicted molar refractivity (Wildman–Crippen MR) is 97.1 cm³/mol. The molecule has 2 nitrogen and oxygen atoms in total. The van der Waals surface area contributed by atoms with Gasteiger partial charge in [-0.15, -0.1) is 0 Å². The minimum absolute atomic E-state index is 0.0211. The first kappa shape index (κ1) is 15.2. The number of phenolic OH excluding ortho intramolecular Hbond substituents is 1. The van der Waals surface area contributed by atoms with Gasteiger partial charge in [-0.3, -0.25) is 0 Å². The average molecular weight is 413 g/mol. The maximum absolute atomic E-state index is 10.4. The van der Waals surface area contributed by atoms with Crippen LogP contribution in [-0.2, 0) is 0 Å². The number of alkyl halides is 2. The van der Waals surface area contributed by atoms with Crippen molar-refractivity contribution in [3.05, 3.63) is 35.9 Å². The van der Waals surface area contributed by atoms with Gasteiger partial charge in [0.05, 0.1) is 3.74 Å². The van der Waals surface area contributed by atoms with Crippen molar-refractivity contribution in [3.8, 4) is 5.75 Å². The van der Waals surface area contributed by atoms with E-state index in [0.717, 1.165) is 23.0 Å². The van der Waals surface area contributed by atoms with Gasteiger partial charge in [-0.05, 0) is 31.7 Å². The lowest BCUT2D eigenvalue weighted by molar-refractivity contribution is 0.479. The van der Waals surface area contributed by atoms with E-state index in [0.29, 0.717) is 11.7 Å². The summed E-state index contributed by atoms with van der Waals surface area (Å²) in [7, 11) is 0. The molecule has 2 aromatic carbocycles. The van der Waals surface area contributed by atoms with Gasteiger partial charge in [-0.2, -0.15) is 0 Å². The summed E-state index contributed by atoms with van der Waals surface area (Å²) < 4.78 is 0.212. The van der Waals surface area contributed by atoms with Crippen LogP contribution in [0.5, 0.6) is 5.75 Å². The molecule has 2 aromatic rings. The Morgan fingerprint density at radius 1 is 1.19 bits per heavy atom. The first-order valence-corrected chi connectivity index (χ1v) is 8.94. The number of fused-ring (bicyclic) bond motifs is 3. The van der Waals surface area contributed by atoms with Crippen LogP contribution in [0.3, 0.4) is 0 Å². The van der Waals surface area contributed by atoms with Crippen molar-refractivity contribution in [1.82, 2.24) is 0 Å². The summed E-state index contributed by atoms with van der Waals surface area (Å²) in [6.45, 7) is 7.57. The second kappa shape index (κ2) is 5.17. The summed E-state index contributed by atoms with van der Waals surface area (Å²) in [5.74, 6) is 0.713. The van der Waals surface area contributed by atoms with Crippen molar-refractivity contribution in [2.45, 2.75) is 36.0 Å². The Morgan fingerprint density at radius 3 is 2.38 bits per heavy atom. The van der Waals surface area contributed by atoms with Gasteiger partial charge in [-0.25, -0.2) is 0 Å². The second-order valence-corrected chi connectivity index (χ2v) is 9.80. The van der Waals surface area contributed by atoms with Gasteiger partial charge in [0.25, 0.3) is 0 Å². The third kappa shape index (κ3) is 2.46. The summed E-state index contributed by atoms with van der Waals surface area (Å²) in [4.78, 5) is 2.38. The van der Waals surface area contributed by atoms with Crippen LogP contribution in [0.25, 0.3) is 10.8 Å². The van der Waals surface area contributed by atoms with Gasteiger partial charge in [0.1, 0.15) is 5.75 Å². The van der Waals surface area contributed by atoms with E-state index in [9.17, 15) is 5.11 Å². The highest BCUT2D eigenvalue weighted by atomic mass is 79.9. The maximum atomic E-state index is 10.4. The second-order valence-electron chi connectivity index (χ2n) is 6.60. The molecule has 4 heteroatoms. The molecule has 21 heavy (non-hydrogen) atoms. The van der Waals surface area contributed by atoms with Gasteiger partial charge >= 0.3 is 0 Å². The first-order chi connectivity index (χ1) is 9.80. The van der Waals surface area contributed by atoms with E-state index in [-0.39, 0.29) is 9.28 Å². The zero-order valence-corrected chi connectivity index (χ0v) is 15.6. The van der Waals surface area contributed by atoms with Crippen LogP contribution in [0, 0.1) is 0 Å². The molecule has 1 unspecified atom stereocenters. The van der Waals surface area contributed by atoms with Crippen molar-refractivity contribution in [3.63, 3.8) is 0 Å². The predicted octanol–water partition coefficient (Wildman–Crippen LogP) is 5.36. The van der Waals surface area contributed by atoms with Crippen LogP contribution in [0.2, 0.25) is 0 Å². The molecule has 0 bridgehead atoms. The van der Waals surface area contributed by atoms with Gasteiger partial charge in [-0.1, -0.05) is 56.1 Å². The van der Waals surface area contributed by atoms with E-state index in [1.54, 1.807) is 0 Å². The van der Waals surface area contributed by atoms with E-state index >= 15 is 0 Å². The zero-order valence-electron chi connectivity index (χ0n) is 12.4. The molecule has 0 amide bonds. The third-order valence-electron chi connectivity index (χ3n) is 4.20. The van der Waals surface area contributed by atoms with E-state index < -0.39 is 0 Å². The van der Waals surface area contributed by atoms with E-state index in [1.165, 1.54) is 5.56 Å². The van der Waals surface area contributed by atoms with Crippen LogP contribution < -0.4 is 4.90 Å². The molecule has 112 valence electrons. The van der Waals surface area contributed by atoms with Crippen molar-refractivity contribution in [2.24, 2.45) is 0 Å². The van der Waals surface area contributed by atoms with E-state index in [2.05, 4.69) is 63.6 Å². The summed E-state index contributed by atoms with van der Waals surface area (Å²) in [6, 6.07) is 10.0. The maximum Gasteiger partial charge on any atom is 0.125 e. The molecule has 1 atom stereocenters. The molecule has 1 N–H and O–H groups in total. The lowest BCUT2D eigenvalue weighted by atomic mass is 9.95. The number of hydrogen-bond donors (Lipinski definition) is 1. The molecule has 0 aromatic heterocycles. The highest BCUT2D eigenvalue weighted by molar-refractivity contribution is 9.24. The monoisotopic (exact) mass is 411 g/mol. The number of rotatable bonds is 1. The van der Waals surface area contributed by atoms with Crippen molar-refractivity contribution in [1.29, 1.82) is 0 Å². The molecule has 0 aliphatic carbocycles. The molecule has 0 fully saturated rings. The Hall–Kier alpha value is -0.740. The van der Waals surface area contributed by atoms with Crippen molar-refractivity contribution >= 4 is 48.3 Å². The van der Waals surface area contributed by atoms with Crippen molar-refractivity contribution < 1.29 is 5.11 Å². The number of halogens is 2. The lowest BCUT2D eigenvalue weighted by Gasteiger charge is -2.35. The Balaban J connectivity index is 2.32. The van der Waals surface area contributed by atoms with Gasteiger partial charge in [0.15, 0.2) is 0 Å². The third-order valence-corrected chi connectivity index (χ3v) is 5.47. The number of phenols is 1. The van der Waals surface area contributed by atoms with Gasteiger partial charge < -0.3 is 10.0 Å². The highest BCUT2D eigenvalue weighted by Crippen LogP contribution is 2.50. The Morgan fingerprint density at radius 2 is 1.81 bits per heavy atom. The lowest BCUT2D eigenvalue weighted by Crippen LogP contribution is -2.41.